The van der Waals surface area contributed by atoms with Crippen molar-refractivity contribution in [2.24, 2.45) is 46.8 Å². The zero-order valence-corrected chi connectivity index (χ0v) is 15.9. The van der Waals surface area contributed by atoms with Crippen LogP contribution in [0.3, 0.4) is 0 Å². The van der Waals surface area contributed by atoms with Crippen LogP contribution in [0.15, 0.2) is 0 Å². The van der Waals surface area contributed by atoms with E-state index in [1.54, 1.807) is 25.7 Å². The van der Waals surface area contributed by atoms with Crippen LogP contribution in [0, 0.1) is 46.8 Å². The summed E-state index contributed by atoms with van der Waals surface area (Å²) in [4.78, 5) is 0. The number of fused-ring (bicyclic) bond motifs is 3. The van der Waals surface area contributed by atoms with Gasteiger partial charge < -0.3 is 0 Å². The van der Waals surface area contributed by atoms with Gasteiger partial charge in [-0.15, -0.1) is 0 Å². The minimum Gasteiger partial charge on any atom is -0.0750 e. The van der Waals surface area contributed by atoms with Gasteiger partial charge in [-0.3, -0.25) is 0 Å². The van der Waals surface area contributed by atoms with Crippen LogP contribution in [0.2, 0.25) is 6.32 Å². The van der Waals surface area contributed by atoms with E-state index in [0.29, 0.717) is 0 Å². The Morgan fingerprint density at radius 2 is 1.86 bits per heavy atom. The number of hydrogen-bond donors (Lipinski definition) is 0. The summed E-state index contributed by atoms with van der Waals surface area (Å²) in [6.45, 7) is 10.0. The molecule has 0 N–H and O–H groups in total. The fraction of sp³-hybridized carbons (Fsp3) is 1.00. The van der Waals surface area contributed by atoms with Gasteiger partial charge in [-0.05, 0) is 85.4 Å². The lowest BCUT2D eigenvalue weighted by molar-refractivity contribution is 0.219. The Balaban J connectivity index is 1.80. The van der Waals surface area contributed by atoms with Gasteiger partial charge in [0.15, 0.2) is 0 Å². The molecule has 0 aliphatic heterocycles. The summed E-state index contributed by atoms with van der Waals surface area (Å²) in [7, 11) is 2.50. The van der Waals surface area contributed by atoms with E-state index in [0.717, 1.165) is 46.8 Å². The maximum Gasteiger partial charge on any atom is 0.102 e. The molecule has 8 atom stereocenters. The van der Waals surface area contributed by atoms with Crippen molar-refractivity contribution < 1.29 is 0 Å². The first-order valence-electron chi connectivity index (χ1n) is 10.6. The third kappa shape index (κ3) is 2.69. The second-order valence-electron chi connectivity index (χ2n) is 9.39. The van der Waals surface area contributed by atoms with Crippen LogP contribution < -0.4 is 0 Å². The summed E-state index contributed by atoms with van der Waals surface area (Å²) >= 11 is 0. The second kappa shape index (κ2) is 6.52. The molecule has 3 fully saturated rings. The van der Waals surface area contributed by atoms with Gasteiger partial charge in [0.05, 0.1) is 0 Å². The molecule has 0 aromatic rings. The topological polar surface area (TPSA) is 0 Å². The van der Waals surface area contributed by atoms with Crippen molar-refractivity contribution in [2.45, 2.75) is 85.4 Å². The Kier molecular flexibility index (Phi) is 5.01. The molecule has 8 unspecified atom stereocenters. The Morgan fingerprint density at radius 1 is 1.09 bits per heavy atom. The van der Waals surface area contributed by atoms with E-state index >= 15 is 0 Å². The Labute approximate surface area is 140 Å². The van der Waals surface area contributed by atoms with E-state index in [4.69, 9.17) is 0 Å². The first-order chi connectivity index (χ1) is 10.6. The van der Waals surface area contributed by atoms with Crippen molar-refractivity contribution in [2.75, 3.05) is 0 Å². The van der Waals surface area contributed by atoms with E-state index in [1.807, 2.05) is 0 Å². The second-order valence-corrected chi connectivity index (χ2v) is 9.39. The average molecular weight is 302 g/mol. The molecule has 0 aromatic carbocycles. The predicted molar refractivity (Wildman–Crippen MR) is 99.8 cm³/mol. The first kappa shape index (κ1) is 16.9. The summed E-state index contributed by atoms with van der Waals surface area (Å²) in [5.74, 6) is 7.27. The molecule has 0 amide bonds. The van der Waals surface area contributed by atoms with Crippen molar-refractivity contribution in [3.05, 3.63) is 0 Å². The van der Waals surface area contributed by atoms with Crippen LogP contribution in [0.4, 0.5) is 0 Å². The summed E-state index contributed by atoms with van der Waals surface area (Å²) in [6.07, 6.45) is 13.5. The van der Waals surface area contributed by atoms with Gasteiger partial charge in [0.1, 0.15) is 7.85 Å². The molecule has 2 bridgehead atoms. The quantitative estimate of drug-likeness (QED) is 0.595. The van der Waals surface area contributed by atoms with Crippen LogP contribution >= 0.6 is 0 Å². The maximum absolute atomic E-state index is 2.60. The highest BCUT2D eigenvalue weighted by Crippen LogP contribution is 2.69. The molecule has 3 aliphatic rings. The van der Waals surface area contributed by atoms with Crippen LogP contribution in [0.25, 0.3) is 0 Å². The molecular weight excluding hydrogens is 263 g/mol. The summed E-state index contributed by atoms with van der Waals surface area (Å²) in [5, 5.41) is 0. The SMILES string of the molecule is BCC12CCC3C(CC)CC(CC(C)CC1C2CCC)C3C. The standard InChI is InChI=1S/C21H39B/c1-5-7-19-20-11-14(3)10-17-12-16(6-2)18(15(17)4)8-9-21(19,20)13-22/h14-20H,5-13,22H2,1-4H3. The third-order valence-electron chi connectivity index (χ3n) is 8.57. The molecule has 0 heterocycles. The molecule has 0 spiro atoms. The molecule has 3 rings (SSSR count). The Hall–Kier alpha value is 0.0649. The highest BCUT2D eigenvalue weighted by atomic mass is 14.7. The van der Waals surface area contributed by atoms with E-state index in [-0.39, 0.29) is 0 Å². The minimum absolute atomic E-state index is 0.762. The molecular formula is C21H39B. The van der Waals surface area contributed by atoms with Gasteiger partial charge in [0.2, 0.25) is 0 Å². The van der Waals surface area contributed by atoms with Crippen LogP contribution in [-0.4, -0.2) is 7.85 Å². The van der Waals surface area contributed by atoms with Crippen molar-refractivity contribution in [1.29, 1.82) is 0 Å². The largest absolute Gasteiger partial charge is 0.102 e. The van der Waals surface area contributed by atoms with E-state index in [2.05, 4.69) is 35.5 Å². The highest BCUT2D eigenvalue weighted by molar-refractivity contribution is 6.09. The Morgan fingerprint density at radius 3 is 2.50 bits per heavy atom. The number of hydrogen-bond acceptors (Lipinski definition) is 0. The average Bonchev–Trinajstić information content (AvgIpc) is 2.98. The van der Waals surface area contributed by atoms with Crippen molar-refractivity contribution in [3.63, 3.8) is 0 Å². The van der Waals surface area contributed by atoms with Crippen LogP contribution in [0.5, 0.6) is 0 Å². The fourth-order valence-electron chi connectivity index (χ4n) is 7.26. The molecule has 126 valence electrons. The van der Waals surface area contributed by atoms with Crippen molar-refractivity contribution in [1.82, 2.24) is 0 Å². The summed E-state index contributed by atoms with van der Waals surface area (Å²) in [5.41, 5.74) is 0.762. The third-order valence-corrected chi connectivity index (χ3v) is 8.57. The molecule has 0 aromatic heterocycles. The molecule has 22 heavy (non-hydrogen) atoms. The lowest BCUT2D eigenvalue weighted by Crippen LogP contribution is -2.20. The van der Waals surface area contributed by atoms with E-state index in [1.165, 1.54) is 32.0 Å². The molecule has 0 radical (unpaired) electrons. The van der Waals surface area contributed by atoms with Gasteiger partial charge in [-0.1, -0.05) is 46.9 Å². The minimum atomic E-state index is 0.762. The molecule has 3 saturated carbocycles. The van der Waals surface area contributed by atoms with Gasteiger partial charge in [-0.25, -0.2) is 0 Å². The zero-order valence-electron chi connectivity index (χ0n) is 15.9. The van der Waals surface area contributed by atoms with Gasteiger partial charge in [0.25, 0.3) is 0 Å². The molecule has 0 saturated heterocycles. The lowest BCUT2D eigenvalue weighted by atomic mass is 9.73. The summed E-state index contributed by atoms with van der Waals surface area (Å²) < 4.78 is 0. The fourth-order valence-corrected chi connectivity index (χ4v) is 7.26. The highest BCUT2D eigenvalue weighted by Gasteiger charge is 2.61. The predicted octanol–water partition coefficient (Wildman–Crippen LogP) is 5.58. The van der Waals surface area contributed by atoms with Crippen molar-refractivity contribution >= 4 is 7.85 Å². The maximum atomic E-state index is 2.60. The monoisotopic (exact) mass is 302 g/mol. The smallest absolute Gasteiger partial charge is 0.0750 e. The zero-order chi connectivity index (χ0) is 15.9. The molecule has 3 aliphatic carbocycles. The van der Waals surface area contributed by atoms with Gasteiger partial charge in [0, 0.05) is 0 Å². The van der Waals surface area contributed by atoms with Gasteiger partial charge in [-0.2, -0.15) is 0 Å². The molecule has 0 nitrogen and oxygen atoms in total. The molecule has 1 heteroatoms. The van der Waals surface area contributed by atoms with Crippen LogP contribution in [0.1, 0.15) is 79.1 Å². The first-order valence-corrected chi connectivity index (χ1v) is 10.6. The lowest BCUT2D eigenvalue weighted by Gasteiger charge is -2.29. The van der Waals surface area contributed by atoms with E-state index in [9.17, 15) is 0 Å². The Bertz CT molecular complexity index is 378. The van der Waals surface area contributed by atoms with E-state index < -0.39 is 0 Å². The van der Waals surface area contributed by atoms with Gasteiger partial charge >= 0.3 is 0 Å². The number of rotatable bonds is 4. The normalized spacial score (nSPS) is 51.4. The van der Waals surface area contributed by atoms with Crippen LogP contribution in [-0.2, 0) is 0 Å². The van der Waals surface area contributed by atoms with Crippen molar-refractivity contribution in [3.8, 4) is 0 Å². The summed E-state index contributed by atoms with van der Waals surface area (Å²) in [6, 6.07) is 0.